The van der Waals surface area contributed by atoms with Crippen LogP contribution in [0.5, 0.6) is 5.75 Å². The Bertz CT molecular complexity index is 1900. The van der Waals surface area contributed by atoms with Crippen LogP contribution in [-0.4, -0.2) is 63.4 Å². The number of piperidine rings is 1. The maximum Gasteiger partial charge on any atom is 0.224 e. The second-order valence-electron chi connectivity index (χ2n) is 14.9. The molecule has 1 unspecified atom stereocenters. The molecule has 1 aliphatic heterocycles. The van der Waals surface area contributed by atoms with E-state index in [1.165, 1.54) is 19.3 Å². The summed E-state index contributed by atoms with van der Waals surface area (Å²) in [5.41, 5.74) is 10.8. The number of allylic oxidation sites excluding steroid dienone is 2. The molecule has 8 nitrogen and oxygen atoms in total. The molecule has 1 fully saturated rings. The molecule has 1 aliphatic rings. The predicted octanol–water partition coefficient (Wildman–Crippen LogP) is 11.1. The number of anilines is 2. The van der Waals surface area contributed by atoms with Crippen LogP contribution in [0.1, 0.15) is 98.6 Å². The lowest BCUT2D eigenvalue weighted by Gasteiger charge is -2.36. The SMILES string of the molecule is C=Cc1cccc(NCCOCCCCCNc2ccc(/C=C/C(=C)c3cc(CNCCCCC)c(OCC)cc3C)c(Cl)c2)c1C(=C)N(C)C1CCC(=O)NC1=C. The van der Waals surface area contributed by atoms with Crippen molar-refractivity contribution in [3.05, 3.63) is 125 Å². The number of rotatable bonds is 26. The number of halogens is 1. The number of hydrogen-bond acceptors (Lipinski definition) is 7. The number of amides is 1. The molecule has 312 valence electrons. The first-order valence-corrected chi connectivity index (χ1v) is 21.3. The summed E-state index contributed by atoms with van der Waals surface area (Å²) < 4.78 is 11.9. The zero-order valence-electron chi connectivity index (χ0n) is 35.4. The van der Waals surface area contributed by atoms with Gasteiger partial charge in [-0.15, -0.1) is 0 Å². The summed E-state index contributed by atoms with van der Waals surface area (Å²) in [4.78, 5) is 13.9. The first-order valence-electron chi connectivity index (χ1n) is 20.9. The van der Waals surface area contributed by atoms with E-state index in [4.69, 9.17) is 21.1 Å². The third-order valence-electron chi connectivity index (χ3n) is 10.5. The normalized spacial score (nSPS) is 14.0. The van der Waals surface area contributed by atoms with E-state index >= 15 is 0 Å². The maximum atomic E-state index is 11.8. The highest BCUT2D eigenvalue weighted by Crippen LogP contribution is 2.33. The van der Waals surface area contributed by atoms with Crippen molar-refractivity contribution in [3.63, 3.8) is 0 Å². The van der Waals surface area contributed by atoms with E-state index in [9.17, 15) is 4.79 Å². The summed E-state index contributed by atoms with van der Waals surface area (Å²) in [6.07, 6.45) is 13.8. The number of hydrogen-bond donors (Lipinski definition) is 4. The Hall–Kier alpha value is -4.76. The number of carbonyl (C=O) groups is 1. The van der Waals surface area contributed by atoms with Gasteiger partial charge in [0, 0.05) is 78.6 Å². The first-order chi connectivity index (χ1) is 28.1. The number of benzene rings is 3. The lowest BCUT2D eigenvalue weighted by atomic mass is 9.97. The summed E-state index contributed by atoms with van der Waals surface area (Å²) >= 11 is 6.73. The van der Waals surface area contributed by atoms with Gasteiger partial charge in [-0.1, -0.05) is 94.1 Å². The Labute approximate surface area is 353 Å². The maximum absolute atomic E-state index is 11.8. The second-order valence-corrected chi connectivity index (χ2v) is 15.3. The molecule has 1 amide bonds. The first kappa shape index (κ1) is 45.9. The molecule has 4 N–H and O–H groups in total. The number of ether oxygens (including phenoxy) is 2. The van der Waals surface area contributed by atoms with Gasteiger partial charge in [0.15, 0.2) is 0 Å². The minimum absolute atomic E-state index is 0.0106. The molecule has 0 bridgehead atoms. The van der Waals surface area contributed by atoms with Crippen LogP contribution >= 0.6 is 11.6 Å². The molecule has 0 saturated carbocycles. The van der Waals surface area contributed by atoms with Gasteiger partial charge in [0.05, 0.1) is 19.3 Å². The summed E-state index contributed by atoms with van der Waals surface area (Å²) in [6, 6.07) is 16.5. The minimum atomic E-state index is -0.0189. The molecular weight excluding hydrogens is 742 g/mol. The quantitative estimate of drug-likeness (QED) is 0.0475. The number of aryl methyl sites for hydroxylation is 1. The van der Waals surface area contributed by atoms with Crippen LogP contribution in [0, 0.1) is 6.92 Å². The fraction of sp³-hybridized carbons (Fsp3) is 0.408. The largest absolute Gasteiger partial charge is 0.494 e. The van der Waals surface area contributed by atoms with Crippen molar-refractivity contribution >= 4 is 52.3 Å². The predicted molar refractivity (Wildman–Crippen MR) is 248 cm³/mol. The zero-order valence-corrected chi connectivity index (χ0v) is 36.2. The van der Waals surface area contributed by atoms with E-state index < -0.39 is 0 Å². The summed E-state index contributed by atoms with van der Waals surface area (Å²) in [7, 11) is 2.00. The molecule has 3 aromatic rings. The molecule has 0 spiro atoms. The molecule has 1 saturated heterocycles. The number of likely N-dealkylation sites (N-methyl/N-ethyl adjacent to an activating group) is 1. The standard InChI is InChI=1S/C49H66ClN5O3/c1-9-12-14-26-51-34-41-32-43(36(5)31-47(41)58-11-3)35(4)20-21-40-22-23-42(33-44(40)50)52-27-15-13-16-29-57-30-28-53-45-19-17-18-39(10-2)49(45)38(7)55(8)46-24-25-48(56)54-37(46)6/h10,17-23,31-33,46,51-53H,2,4,6-7,9,11-16,24-30,34H2,1,3,5,8H3,(H,54,56)/b21-20+. The van der Waals surface area contributed by atoms with Crippen LogP contribution < -0.4 is 26.0 Å². The molecule has 0 radical (unpaired) electrons. The van der Waals surface area contributed by atoms with Gasteiger partial charge >= 0.3 is 0 Å². The molecule has 3 aromatic carbocycles. The van der Waals surface area contributed by atoms with Crippen LogP contribution in [0.3, 0.4) is 0 Å². The van der Waals surface area contributed by atoms with Crippen molar-refractivity contribution in [2.75, 3.05) is 57.1 Å². The molecule has 0 aliphatic carbocycles. The smallest absolute Gasteiger partial charge is 0.224 e. The summed E-state index contributed by atoms with van der Waals surface area (Å²) in [6.45, 7) is 28.5. The fourth-order valence-corrected chi connectivity index (χ4v) is 7.39. The van der Waals surface area contributed by atoms with Gasteiger partial charge in [0.2, 0.25) is 5.91 Å². The highest BCUT2D eigenvalue weighted by Gasteiger charge is 2.27. The van der Waals surface area contributed by atoms with Crippen LogP contribution in [0.2, 0.25) is 5.02 Å². The Kier molecular flexibility index (Phi) is 19.2. The van der Waals surface area contributed by atoms with Crippen LogP contribution in [0.25, 0.3) is 23.4 Å². The van der Waals surface area contributed by atoms with E-state index in [-0.39, 0.29) is 11.9 Å². The van der Waals surface area contributed by atoms with Gasteiger partial charge in [-0.25, -0.2) is 0 Å². The number of carbonyl (C=O) groups excluding carboxylic acids is 1. The van der Waals surface area contributed by atoms with Gasteiger partial charge in [0.1, 0.15) is 5.75 Å². The van der Waals surface area contributed by atoms with Gasteiger partial charge in [-0.2, -0.15) is 0 Å². The summed E-state index contributed by atoms with van der Waals surface area (Å²) in [5.74, 6) is 0.943. The molecule has 1 atom stereocenters. The fourth-order valence-electron chi connectivity index (χ4n) is 7.14. The van der Waals surface area contributed by atoms with E-state index in [2.05, 4.69) is 90.6 Å². The van der Waals surface area contributed by atoms with Crippen LogP contribution in [-0.2, 0) is 16.1 Å². The van der Waals surface area contributed by atoms with Crippen molar-refractivity contribution < 1.29 is 14.3 Å². The Balaban J connectivity index is 1.17. The number of unbranched alkanes of at least 4 members (excludes halogenated alkanes) is 4. The molecule has 9 heteroatoms. The molecular formula is C49H66ClN5O3. The van der Waals surface area contributed by atoms with E-state index in [1.54, 1.807) is 0 Å². The lowest BCUT2D eigenvalue weighted by Crippen LogP contribution is -2.43. The highest BCUT2D eigenvalue weighted by molar-refractivity contribution is 6.32. The molecule has 0 aromatic heterocycles. The molecule has 1 heterocycles. The monoisotopic (exact) mass is 807 g/mol. The topological polar surface area (TPSA) is 86.9 Å². The van der Waals surface area contributed by atoms with Crippen LogP contribution in [0.4, 0.5) is 11.4 Å². The average Bonchev–Trinajstić information content (AvgIpc) is 3.21. The molecule has 4 rings (SSSR count). The van der Waals surface area contributed by atoms with E-state index in [0.29, 0.717) is 49.9 Å². The van der Waals surface area contributed by atoms with Crippen molar-refractivity contribution in [1.29, 1.82) is 0 Å². The van der Waals surface area contributed by atoms with Gasteiger partial charge in [0.25, 0.3) is 0 Å². The Morgan fingerprint density at radius 3 is 2.53 bits per heavy atom. The van der Waals surface area contributed by atoms with Gasteiger partial charge in [-0.05, 0) is 111 Å². The van der Waals surface area contributed by atoms with Crippen molar-refractivity contribution in [1.82, 2.24) is 15.5 Å². The zero-order chi connectivity index (χ0) is 41.9. The highest BCUT2D eigenvalue weighted by atomic mass is 35.5. The van der Waals surface area contributed by atoms with Gasteiger partial charge < -0.3 is 35.6 Å². The third-order valence-corrected chi connectivity index (χ3v) is 10.8. The minimum Gasteiger partial charge on any atom is -0.494 e. The Morgan fingerprint density at radius 2 is 1.79 bits per heavy atom. The van der Waals surface area contributed by atoms with Crippen molar-refractivity contribution in [2.45, 2.75) is 84.7 Å². The van der Waals surface area contributed by atoms with Crippen molar-refractivity contribution in [3.8, 4) is 5.75 Å². The Morgan fingerprint density at radius 1 is 0.983 bits per heavy atom. The number of nitrogens with zero attached hydrogens (tertiary/aromatic N) is 1. The van der Waals surface area contributed by atoms with Crippen LogP contribution in [0.15, 0.2) is 86.6 Å². The second kappa shape index (κ2) is 24.2. The van der Waals surface area contributed by atoms with E-state index in [1.807, 2.05) is 56.5 Å². The lowest BCUT2D eigenvalue weighted by molar-refractivity contribution is -0.121. The number of nitrogens with one attached hydrogen (secondary N) is 4. The average molecular weight is 809 g/mol. The molecule has 58 heavy (non-hydrogen) atoms. The van der Waals surface area contributed by atoms with Gasteiger partial charge in [-0.3, -0.25) is 4.79 Å². The van der Waals surface area contributed by atoms with Crippen molar-refractivity contribution in [2.24, 2.45) is 0 Å². The van der Waals surface area contributed by atoms with E-state index in [0.717, 1.165) is 101 Å². The summed E-state index contributed by atoms with van der Waals surface area (Å²) in [5, 5.41) is 14.2. The third kappa shape index (κ3) is 13.7.